The molecule has 0 saturated carbocycles. The van der Waals surface area contributed by atoms with Crippen molar-refractivity contribution >= 4 is 12.6 Å². The Kier molecular flexibility index (Phi) is 1.90. The highest BCUT2D eigenvalue weighted by Gasteiger charge is 1.99. The number of hydrogen-bond acceptors (Lipinski definition) is 2. The summed E-state index contributed by atoms with van der Waals surface area (Å²) in [6, 6.07) is 3.66. The van der Waals surface area contributed by atoms with Gasteiger partial charge in [-0.1, -0.05) is 0 Å². The highest BCUT2D eigenvalue weighted by molar-refractivity contribution is 7.80. The van der Waals surface area contributed by atoms with E-state index < -0.39 is 0 Å². The zero-order valence-corrected chi connectivity index (χ0v) is 6.94. The summed E-state index contributed by atoms with van der Waals surface area (Å²) in [5.41, 5.74) is 1.88. The lowest BCUT2D eigenvalue weighted by Gasteiger charge is -2.02. The van der Waals surface area contributed by atoms with Gasteiger partial charge in [-0.3, -0.25) is 0 Å². The van der Waals surface area contributed by atoms with Crippen LogP contribution in [0.1, 0.15) is 11.1 Å². The minimum absolute atomic E-state index is 0.324. The lowest BCUT2D eigenvalue weighted by atomic mass is 10.1. The quantitative estimate of drug-likeness (QED) is 0.549. The van der Waals surface area contributed by atoms with Crippen molar-refractivity contribution in [3.63, 3.8) is 0 Å². The third-order valence-corrected chi connectivity index (χ3v) is 1.96. The summed E-state index contributed by atoms with van der Waals surface area (Å²) in [6.07, 6.45) is 0. The predicted molar refractivity (Wildman–Crippen MR) is 44.8 cm³/mol. The van der Waals surface area contributed by atoms with Gasteiger partial charge in [-0.05, 0) is 31.5 Å². The second kappa shape index (κ2) is 2.54. The standard InChI is InChI=1S/C8H10OS/c1-5-3-7(9)6(2)8(10)4-5/h3-4,9-10H,1-2H3. The molecule has 1 rings (SSSR count). The van der Waals surface area contributed by atoms with Crippen molar-refractivity contribution in [1.29, 1.82) is 0 Å². The normalized spacial score (nSPS) is 9.90. The van der Waals surface area contributed by atoms with Crippen LogP contribution in [0.3, 0.4) is 0 Å². The maximum Gasteiger partial charge on any atom is 0.119 e. The van der Waals surface area contributed by atoms with Crippen LogP contribution >= 0.6 is 12.6 Å². The highest BCUT2D eigenvalue weighted by atomic mass is 32.1. The number of rotatable bonds is 0. The lowest BCUT2D eigenvalue weighted by molar-refractivity contribution is 0.468. The van der Waals surface area contributed by atoms with E-state index in [1.165, 1.54) is 0 Å². The zero-order chi connectivity index (χ0) is 7.72. The number of aromatic hydroxyl groups is 1. The van der Waals surface area contributed by atoms with E-state index in [0.29, 0.717) is 5.75 Å². The average molecular weight is 154 g/mol. The van der Waals surface area contributed by atoms with E-state index in [1.54, 1.807) is 6.07 Å². The zero-order valence-electron chi connectivity index (χ0n) is 6.05. The van der Waals surface area contributed by atoms with Gasteiger partial charge >= 0.3 is 0 Å². The Morgan fingerprint density at radius 1 is 1.30 bits per heavy atom. The van der Waals surface area contributed by atoms with Crippen molar-refractivity contribution in [2.75, 3.05) is 0 Å². The largest absolute Gasteiger partial charge is 0.508 e. The molecule has 1 aromatic rings. The molecule has 0 aliphatic carbocycles. The van der Waals surface area contributed by atoms with Crippen LogP contribution in [-0.2, 0) is 0 Å². The Bertz CT molecular complexity index is 232. The van der Waals surface area contributed by atoms with Gasteiger partial charge in [0.2, 0.25) is 0 Å². The van der Waals surface area contributed by atoms with Crippen molar-refractivity contribution in [2.24, 2.45) is 0 Å². The number of hydrogen-bond donors (Lipinski definition) is 2. The topological polar surface area (TPSA) is 20.2 Å². The van der Waals surface area contributed by atoms with Crippen LogP contribution in [0, 0.1) is 13.8 Å². The van der Waals surface area contributed by atoms with Crippen molar-refractivity contribution < 1.29 is 5.11 Å². The van der Waals surface area contributed by atoms with Crippen LogP contribution in [0.5, 0.6) is 5.75 Å². The third-order valence-electron chi connectivity index (χ3n) is 1.50. The molecular weight excluding hydrogens is 144 g/mol. The Morgan fingerprint density at radius 3 is 2.40 bits per heavy atom. The van der Waals surface area contributed by atoms with Gasteiger partial charge < -0.3 is 5.11 Å². The SMILES string of the molecule is Cc1cc(O)c(C)c(S)c1. The van der Waals surface area contributed by atoms with Crippen LogP contribution < -0.4 is 0 Å². The van der Waals surface area contributed by atoms with Gasteiger partial charge in [0.25, 0.3) is 0 Å². The van der Waals surface area contributed by atoms with E-state index >= 15 is 0 Å². The smallest absolute Gasteiger partial charge is 0.119 e. The molecule has 0 fully saturated rings. The average Bonchev–Trinajstić information content (AvgIpc) is 1.82. The van der Waals surface area contributed by atoms with Crippen LogP contribution in [0.25, 0.3) is 0 Å². The molecule has 0 amide bonds. The lowest BCUT2D eigenvalue weighted by Crippen LogP contribution is -1.79. The second-order valence-corrected chi connectivity index (χ2v) is 2.91. The molecule has 0 bridgehead atoms. The summed E-state index contributed by atoms with van der Waals surface area (Å²) in [7, 11) is 0. The van der Waals surface area contributed by atoms with E-state index in [4.69, 9.17) is 0 Å². The van der Waals surface area contributed by atoms with Gasteiger partial charge in [-0.2, -0.15) is 0 Å². The van der Waals surface area contributed by atoms with Gasteiger partial charge in [0.15, 0.2) is 0 Å². The fourth-order valence-electron chi connectivity index (χ4n) is 0.821. The molecule has 1 aromatic carbocycles. The maximum absolute atomic E-state index is 9.23. The summed E-state index contributed by atoms with van der Waals surface area (Å²) >= 11 is 4.18. The summed E-state index contributed by atoms with van der Waals surface area (Å²) in [5, 5.41) is 9.23. The first-order valence-corrected chi connectivity index (χ1v) is 3.55. The maximum atomic E-state index is 9.23. The van der Waals surface area contributed by atoms with E-state index in [9.17, 15) is 5.11 Å². The first-order valence-electron chi connectivity index (χ1n) is 3.10. The van der Waals surface area contributed by atoms with Crippen LogP contribution in [0.2, 0.25) is 0 Å². The van der Waals surface area contributed by atoms with Crippen LogP contribution in [0.4, 0.5) is 0 Å². The van der Waals surface area contributed by atoms with E-state index in [1.807, 2.05) is 19.9 Å². The third kappa shape index (κ3) is 1.27. The van der Waals surface area contributed by atoms with Crippen molar-refractivity contribution in [3.8, 4) is 5.75 Å². The van der Waals surface area contributed by atoms with Gasteiger partial charge in [0.1, 0.15) is 5.75 Å². The van der Waals surface area contributed by atoms with Crippen LogP contribution in [-0.4, -0.2) is 5.11 Å². The fraction of sp³-hybridized carbons (Fsp3) is 0.250. The Hall–Kier alpha value is -0.630. The van der Waals surface area contributed by atoms with E-state index in [2.05, 4.69) is 12.6 Å². The van der Waals surface area contributed by atoms with Gasteiger partial charge in [0, 0.05) is 10.5 Å². The number of phenolic OH excluding ortho intramolecular Hbond substituents is 1. The Morgan fingerprint density at radius 2 is 1.90 bits per heavy atom. The van der Waals surface area contributed by atoms with Crippen molar-refractivity contribution in [1.82, 2.24) is 0 Å². The van der Waals surface area contributed by atoms with E-state index in [-0.39, 0.29) is 0 Å². The van der Waals surface area contributed by atoms with Crippen molar-refractivity contribution in [2.45, 2.75) is 18.7 Å². The highest BCUT2D eigenvalue weighted by Crippen LogP contribution is 2.24. The molecule has 0 unspecified atom stereocenters. The molecule has 0 atom stereocenters. The number of benzene rings is 1. The molecule has 10 heavy (non-hydrogen) atoms. The molecule has 2 heteroatoms. The van der Waals surface area contributed by atoms with Gasteiger partial charge in [0.05, 0.1) is 0 Å². The molecule has 0 saturated heterocycles. The molecule has 0 radical (unpaired) electrons. The minimum atomic E-state index is 0.324. The van der Waals surface area contributed by atoms with Crippen molar-refractivity contribution in [3.05, 3.63) is 23.3 Å². The summed E-state index contributed by atoms with van der Waals surface area (Å²) in [5.74, 6) is 0.324. The monoisotopic (exact) mass is 154 g/mol. The van der Waals surface area contributed by atoms with E-state index in [0.717, 1.165) is 16.0 Å². The van der Waals surface area contributed by atoms with Gasteiger partial charge in [-0.25, -0.2) is 0 Å². The molecule has 54 valence electrons. The Labute approximate surface area is 66.1 Å². The summed E-state index contributed by atoms with van der Waals surface area (Å²) in [4.78, 5) is 0.845. The molecule has 0 aliphatic heterocycles. The minimum Gasteiger partial charge on any atom is -0.508 e. The predicted octanol–water partition coefficient (Wildman–Crippen LogP) is 2.30. The molecule has 0 aliphatic rings. The summed E-state index contributed by atoms with van der Waals surface area (Å²) in [6.45, 7) is 3.77. The number of phenols is 1. The van der Waals surface area contributed by atoms with Crippen LogP contribution in [0.15, 0.2) is 17.0 Å². The molecule has 0 aromatic heterocycles. The number of aryl methyl sites for hydroxylation is 1. The Balaban J connectivity index is 3.31. The molecule has 0 spiro atoms. The number of thiol groups is 1. The van der Waals surface area contributed by atoms with Gasteiger partial charge in [-0.15, -0.1) is 12.6 Å². The molecule has 1 N–H and O–H groups in total. The summed E-state index contributed by atoms with van der Waals surface area (Å²) < 4.78 is 0. The first kappa shape index (κ1) is 7.48. The first-order chi connectivity index (χ1) is 4.61. The second-order valence-electron chi connectivity index (χ2n) is 2.43. The molecule has 1 nitrogen and oxygen atoms in total. The fourth-order valence-corrected chi connectivity index (χ4v) is 1.14. The molecular formula is C8H10OS. The molecule has 0 heterocycles.